The molecular formula is C22H19Cl2FN6S. The van der Waals surface area contributed by atoms with Gasteiger partial charge in [-0.2, -0.15) is 10.2 Å². The number of hydrogen-bond acceptors (Lipinski definition) is 3. The van der Waals surface area contributed by atoms with E-state index in [1.807, 2.05) is 29.9 Å². The van der Waals surface area contributed by atoms with Crippen LogP contribution < -0.4 is 10.6 Å². The van der Waals surface area contributed by atoms with Crippen LogP contribution in [-0.2, 0) is 13.1 Å². The molecule has 2 aromatic heterocycles. The number of halogens is 3. The van der Waals surface area contributed by atoms with E-state index in [0.29, 0.717) is 34.1 Å². The van der Waals surface area contributed by atoms with Gasteiger partial charge in [0.25, 0.3) is 0 Å². The zero-order chi connectivity index (χ0) is 22.7. The number of aromatic nitrogens is 4. The van der Waals surface area contributed by atoms with Crippen LogP contribution in [-0.4, -0.2) is 24.7 Å². The van der Waals surface area contributed by atoms with Crippen molar-refractivity contribution in [3.63, 3.8) is 0 Å². The third-order valence-electron chi connectivity index (χ3n) is 4.71. The highest BCUT2D eigenvalue weighted by molar-refractivity contribution is 7.80. The van der Waals surface area contributed by atoms with Crippen LogP contribution in [0.15, 0.2) is 60.9 Å². The lowest BCUT2D eigenvalue weighted by Gasteiger charge is -2.08. The van der Waals surface area contributed by atoms with Crippen LogP contribution in [0.25, 0.3) is 0 Å². The summed E-state index contributed by atoms with van der Waals surface area (Å²) in [6, 6.07) is 13.6. The Morgan fingerprint density at radius 2 is 1.84 bits per heavy atom. The highest BCUT2D eigenvalue weighted by Crippen LogP contribution is 2.22. The number of aryl methyl sites for hydroxylation is 1. The molecule has 0 spiro atoms. The first-order valence-corrected chi connectivity index (χ1v) is 10.9. The van der Waals surface area contributed by atoms with Crippen LogP contribution in [0.2, 0.25) is 10.0 Å². The van der Waals surface area contributed by atoms with Crippen molar-refractivity contribution >= 4 is 52.0 Å². The second kappa shape index (κ2) is 9.68. The smallest absolute Gasteiger partial charge is 0.176 e. The Kier molecular flexibility index (Phi) is 6.74. The van der Waals surface area contributed by atoms with Gasteiger partial charge in [-0.3, -0.25) is 9.36 Å². The maximum absolute atomic E-state index is 13.0. The van der Waals surface area contributed by atoms with E-state index < -0.39 is 0 Å². The molecule has 2 aromatic carbocycles. The van der Waals surface area contributed by atoms with Crippen molar-refractivity contribution < 1.29 is 4.39 Å². The number of benzene rings is 2. The first-order valence-electron chi connectivity index (χ1n) is 9.69. The van der Waals surface area contributed by atoms with E-state index in [1.165, 1.54) is 12.1 Å². The second-order valence-electron chi connectivity index (χ2n) is 7.20. The SMILES string of the molecule is Cc1cc(NC(=S)Nc2cnn(Cc3ccc(F)cc3)c2)nn1Cc1ccc(Cl)cc1Cl. The summed E-state index contributed by atoms with van der Waals surface area (Å²) in [6.07, 6.45) is 3.49. The van der Waals surface area contributed by atoms with Crippen LogP contribution in [0.3, 0.4) is 0 Å². The summed E-state index contributed by atoms with van der Waals surface area (Å²) in [4.78, 5) is 0. The number of anilines is 2. The zero-order valence-electron chi connectivity index (χ0n) is 17.0. The Morgan fingerprint density at radius 3 is 2.59 bits per heavy atom. The Morgan fingerprint density at radius 1 is 1.06 bits per heavy atom. The van der Waals surface area contributed by atoms with Crippen LogP contribution in [0.1, 0.15) is 16.8 Å². The molecule has 10 heteroatoms. The lowest BCUT2D eigenvalue weighted by Crippen LogP contribution is -2.19. The van der Waals surface area contributed by atoms with Gasteiger partial charge in [0.05, 0.1) is 25.0 Å². The van der Waals surface area contributed by atoms with E-state index in [4.69, 9.17) is 35.4 Å². The molecule has 0 fully saturated rings. The molecule has 2 heterocycles. The topological polar surface area (TPSA) is 59.7 Å². The number of nitrogens with zero attached hydrogens (tertiary/aromatic N) is 4. The van der Waals surface area contributed by atoms with Gasteiger partial charge in [-0.15, -0.1) is 0 Å². The average molecular weight is 489 g/mol. The first kappa shape index (κ1) is 22.3. The maximum atomic E-state index is 13.0. The Bertz CT molecular complexity index is 1250. The fraction of sp³-hybridized carbons (Fsp3) is 0.136. The zero-order valence-corrected chi connectivity index (χ0v) is 19.3. The summed E-state index contributed by atoms with van der Waals surface area (Å²) in [5.41, 5.74) is 3.55. The molecule has 0 bridgehead atoms. The molecular weight excluding hydrogens is 470 g/mol. The quantitative estimate of drug-likeness (QED) is 0.339. The summed E-state index contributed by atoms with van der Waals surface area (Å²) in [6.45, 7) is 3.00. The predicted octanol–water partition coefficient (Wildman–Crippen LogP) is 5.74. The molecule has 4 aromatic rings. The van der Waals surface area contributed by atoms with Crippen molar-refractivity contribution in [1.29, 1.82) is 0 Å². The summed E-state index contributed by atoms with van der Waals surface area (Å²) >= 11 is 17.6. The minimum atomic E-state index is -0.262. The van der Waals surface area contributed by atoms with E-state index in [-0.39, 0.29) is 5.82 Å². The molecule has 0 unspecified atom stereocenters. The molecule has 32 heavy (non-hydrogen) atoms. The van der Waals surface area contributed by atoms with Crippen molar-refractivity contribution in [3.8, 4) is 0 Å². The molecule has 0 aliphatic rings. The monoisotopic (exact) mass is 488 g/mol. The highest BCUT2D eigenvalue weighted by atomic mass is 35.5. The number of hydrogen-bond donors (Lipinski definition) is 2. The van der Waals surface area contributed by atoms with Gasteiger partial charge in [0.1, 0.15) is 5.82 Å². The third-order valence-corrected chi connectivity index (χ3v) is 5.50. The van der Waals surface area contributed by atoms with Gasteiger partial charge in [-0.05, 0) is 54.5 Å². The van der Waals surface area contributed by atoms with Crippen LogP contribution in [0.4, 0.5) is 15.9 Å². The normalized spacial score (nSPS) is 10.9. The number of rotatable bonds is 6. The molecule has 0 amide bonds. The Hall–Kier alpha value is -2.94. The minimum Gasteiger partial charge on any atom is -0.330 e. The summed E-state index contributed by atoms with van der Waals surface area (Å²) < 4.78 is 16.6. The van der Waals surface area contributed by atoms with Gasteiger partial charge in [-0.1, -0.05) is 41.4 Å². The molecule has 0 aliphatic carbocycles. The van der Waals surface area contributed by atoms with Crippen LogP contribution in [0.5, 0.6) is 0 Å². The molecule has 164 valence electrons. The van der Waals surface area contributed by atoms with E-state index in [2.05, 4.69) is 20.8 Å². The summed E-state index contributed by atoms with van der Waals surface area (Å²) in [7, 11) is 0. The second-order valence-corrected chi connectivity index (χ2v) is 8.45. The van der Waals surface area contributed by atoms with Gasteiger partial charge in [0.2, 0.25) is 0 Å². The summed E-state index contributed by atoms with van der Waals surface area (Å²) in [5, 5.41) is 16.6. The van der Waals surface area contributed by atoms with Gasteiger partial charge in [-0.25, -0.2) is 4.39 Å². The minimum absolute atomic E-state index is 0.262. The van der Waals surface area contributed by atoms with Crippen molar-refractivity contribution in [3.05, 3.63) is 93.6 Å². The van der Waals surface area contributed by atoms with Crippen LogP contribution >= 0.6 is 35.4 Å². The third kappa shape index (κ3) is 5.64. The van der Waals surface area contributed by atoms with Crippen LogP contribution in [0, 0.1) is 12.7 Å². The standard InChI is InChI=1S/C22H19Cl2FN6S/c1-14-8-21(29-31(14)12-16-4-5-17(23)9-20(16)24)28-22(32)27-19-10-26-30(13-19)11-15-2-6-18(25)7-3-15/h2-10,13H,11-12H2,1H3,(H2,27,28,29,32). The fourth-order valence-electron chi connectivity index (χ4n) is 3.11. The molecule has 2 N–H and O–H groups in total. The maximum Gasteiger partial charge on any atom is 0.176 e. The van der Waals surface area contributed by atoms with E-state index in [9.17, 15) is 4.39 Å². The molecule has 0 saturated carbocycles. The fourth-order valence-corrected chi connectivity index (χ4v) is 3.80. The van der Waals surface area contributed by atoms with Crippen molar-refractivity contribution in [2.75, 3.05) is 10.6 Å². The largest absolute Gasteiger partial charge is 0.330 e. The van der Waals surface area contributed by atoms with Crippen molar-refractivity contribution in [2.24, 2.45) is 0 Å². The number of nitrogens with one attached hydrogen (secondary N) is 2. The number of thiocarbonyl (C=S) groups is 1. The van der Waals surface area contributed by atoms with E-state index in [1.54, 1.807) is 35.1 Å². The summed E-state index contributed by atoms with van der Waals surface area (Å²) in [5.74, 6) is 0.353. The Labute approximate surface area is 200 Å². The molecule has 6 nitrogen and oxygen atoms in total. The highest BCUT2D eigenvalue weighted by Gasteiger charge is 2.10. The van der Waals surface area contributed by atoms with Gasteiger partial charge in [0, 0.05) is 28.0 Å². The Balaban J connectivity index is 1.36. The molecule has 0 atom stereocenters. The van der Waals surface area contributed by atoms with Gasteiger partial charge < -0.3 is 10.6 Å². The predicted molar refractivity (Wildman–Crippen MR) is 130 cm³/mol. The van der Waals surface area contributed by atoms with Gasteiger partial charge in [0.15, 0.2) is 10.9 Å². The average Bonchev–Trinajstić information content (AvgIpc) is 3.31. The van der Waals surface area contributed by atoms with Gasteiger partial charge >= 0.3 is 0 Å². The van der Waals surface area contributed by atoms with E-state index in [0.717, 1.165) is 22.5 Å². The van der Waals surface area contributed by atoms with Crippen molar-refractivity contribution in [2.45, 2.75) is 20.0 Å². The molecule has 0 aliphatic heterocycles. The lowest BCUT2D eigenvalue weighted by molar-refractivity contribution is 0.624. The molecule has 0 saturated heterocycles. The molecule has 4 rings (SSSR count). The van der Waals surface area contributed by atoms with E-state index >= 15 is 0 Å². The molecule has 0 radical (unpaired) electrons. The lowest BCUT2D eigenvalue weighted by atomic mass is 10.2. The first-order chi connectivity index (χ1) is 15.4. The van der Waals surface area contributed by atoms with Crippen molar-refractivity contribution in [1.82, 2.24) is 19.6 Å².